The quantitative estimate of drug-likeness (QED) is 0.883. The first-order valence-electron chi connectivity index (χ1n) is 7.49. The summed E-state index contributed by atoms with van der Waals surface area (Å²) in [5, 5.41) is 3.80. The van der Waals surface area contributed by atoms with Gasteiger partial charge in [-0.1, -0.05) is 31.5 Å². The second-order valence-corrected chi connectivity index (χ2v) is 7.20. The molecule has 0 bridgehead atoms. The molecule has 1 aromatic carbocycles. The van der Waals surface area contributed by atoms with E-state index in [4.69, 9.17) is 4.74 Å². The topological polar surface area (TPSA) is 21.3 Å². The Morgan fingerprint density at radius 3 is 2.63 bits per heavy atom. The number of hydrogen-bond donors (Lipinski definition) is 1. The predicted molar refractivity (Wildman–Crippen MR) is 78.5 cm³/mol. The fourth-order valence-electron chi connectivity index (χ4n) is 3.31. The van der Waals surface area contributed by atoms with Gasteiger partial charge in [0.2, 0.25) is 0 Å². The number of fused-ring (bicyclic) bond motifs is 1. The van der Waals surface area contributed by atoms with Gasteiger partial charge < -0.3 is 10.1 Å². The summed E-state index contributed by atoms with van der Waals surface area (Å²) in [5.74, 6) is 1.05. The molecule has 0 radical (unpaired) electrons. The Morgan fingerprint density at radius 2 is 1.95 bits per heavy atom. The summed E-state index contributed by atoms with van der Waals surface area (Å²) in [5.41, 5.74) is 1.77. The van der Waals surface area contributed by atoms with Gasteiger partial charge in [-0.25, -0.2) is 0 Å². The van der Waals surface area contributed by atoms with Crippen LogP contribution in [0.5, 0.6) is 5.75 Å². The molecule has 0 amide bonds. The number of benzene rings is 1. The van der Waals surface area contributed by atoms with E-state index in [1.807, 2.05) is 0 Å². The van der Waals surface area contributed by atoms with E-state index in [1.165, 1.54) is 24.8 Å². The molecule has 2 heteroatoms. The van der Waals surface area contributed by atoms with Crippen molar-refractivity contribution in [3.63, 3.8) is 0 Å². The SMILES string of the molecule is CC1(CNC2CC(C)(C)Oc3ccccc32)CCC1. The first-order valence-corrected chi connectivity index (χ1v) is 7.49. The molecule has 19 heavy (non-hydrogen) atoms. The van der Waals surface area contributed by atoms with Gasteiger partial charge in [-0.05, 0) is 38.2 Å². The maximum Gasteiger partial charge on any atom is 0.124 e. The highest BCUT2D eigenvalue weighted by molar-refractivity contribution is 5.38. The molecule has 1 atom stereocenters. The van der Waals surface area contributed by atoms with Crippen molar-refractivity contribution in [2.24, 2.45) is 5.41 Å². The van der Waals surface area contributed by atoms with E-state index in [2.05, 4.69) is 50.4 Å². The minimum Gasteiger partial charge on any atom is -0.487 e. The molecule has 2 nitrogen and oxygen atoms in total. The Morgan fingerprint density at radius 1 is 1.21 bits per heavy atom. The van der Waals surface area contributed by atoms with Crippen LogP contribution in [0.25, 0.3) is 0 Å². The number of hydrogen-bond acceptors (Lipinski definition) is 2. The molecule has 0 aromatic heterocycles. The van der Waals surface area contributed by atoms with Crippen molar-refractivity contribution in [3.8, 4) is 5.75 Å². The highest BCUT2D eigenvalue weighted by Gasteiger charge is 2.36. The smallest absolute Gasteiger partial charge is 0.124 e. The minimum absolute atomic E-state index is 0.0768. The Balaban J connectivity index is 1.76. The van der Waals surface area contributed by atoms with Gasteiger partial charge in [0.15, 0.2) is 0 Å². The van der Waals surface area contributed by atoms with Crippen LogP contribution in [0.4, 0.5) is 0 Å². The lowest BCUT2D eigenvalue weighted by Gasteiger charge is -2.42. The van der Waals surface area contributed by atoms with Crippen LogP contribution in [0, 0.1) is 5.41 Å². The van der Waals surface area contributed by atoms with Crippen LogP contribution in [-0.4, -0.2) is 12.1 Å². The maximum atomic E-state index is 6.08. The van der Waals surface area contributed by atoms with Crippen molar-refractivity contribution >= 4 is 0 Å². The molecule has 2 aliphatic rings. The number of para-hydroxylation sites is 1. The monoisotopic (exact) mass is 259 g/mol. The normalized spacial score (nSPS) is 27.0. The van der Waals surface area contributed by atoms with Crippen molar-refractivity contribution in [1.82, 2.24) is 5.32 Å². The Bertz CT molecular complexity index is 462. The predicted octanol–water partition coefficient (Wildman–Crippen LogP) is 4.07. The third kappa shape index (κ3) is 2.64. The lowest BCUT2D eigenvalue weighted by Crippen LogP contribution is -2.44. The van der Waals surface area contributed by atoms with Gasteiger partial charge in [-0.3, -0.25) is 0 Å². The molecule has 1 aromatic rings. The second kappa shape index (κ2) is 4.52. The van der Waals surface area contributed by atoms with Crippen LogP contribution in [0.2, 0.25) is 0 Å². The molecule has 1 unspecified atom stereocenters. The van der Waals surface area contributed by atoms with E-state index >= 15 is 0 Å². The first-order chi connectivity index (χ1) is 8.98. The van der Waals surface area contributed by atoms with Gasteiger partial charge in [0, 0.05) is 24.6 Å². The van der Waals surface area contributed by atoms with Gasteiger partial charge in [-0.15, -0.1) is 0 Å². The average molecular weight is 259 g/mol. The number of rotatable bonds is 3. The lowest BCUT2D eigenvalue weighted by atomic mass is 9.70. The van der Waals surface area contributed by atoms with Gasteiger partial charge in [0.05, 0.1) is 0 Å². The summed E-state index contributed by atoms with van der Waals surface area (Å²) >= 11 is 0. The largest absolute Gasteiger partial charge is 0.487 e. The van der Waals surface area contributed by atoms with E-state index in [0.29, 0.717) is 11.5 Å². The molecule has 1 aliphatic heterocycles. The molecular formula is C17H25NO. The first kappa shape index (κ1) is 13.0. The van der Waals surface area contributed by atoms with Crippen LogP contribution in [0.15, 0.2) is 24.3 Å². The van der Waals surface area contributed by atoms with Crippen molar-refractivity contribution in [2.75, 3.05) is 6.54 Å². The summed E-state index contributed by atoms with van der Waals surface area (Å²) in [6.45, 7) is 7.90. The molecule has 0 spiro atoms. The van der Waals surface area contributed by atoms with E-state index < -0.39 is 0 Å². The van der Waals surface area contributed by atoms with E-state index in [0.717, 1.165) is 18.7 Å². The minimum atomic E-state index is -0.0768. The Labute approximate surface area is 116 Å². The lowest BCUT2D eigenvalue weighted by molar-refractivity contribution is 0.0591. The van der Waals surface area contributed by atoms with Crippen LogP contribution >= 0.6 is 0 Å². The highest BCUT2D eigenvalue weighted by atomic mass is 16.5. The van der Waals surface area contributed by atoms with Crippen LogP contribution in [-0.2, 0) is 0 Å². The molecule has 104 valence electrons. The van der Waals surface area contributed by atoms with Crippen LogP contribution in [0.3, 0.4) is 0 Å². The fraction of sp³-hybridized carbons (Fsp3) is 0.647. The van der Waals surface area contributed by atoms with Crippen molar-refractivity contribution in [3.05, 3.63) is 29.8 Å². The van der Waals surface area contributed by atoms with Gasteiger partial charge in [-0.2, -0.15) is 0 Å². The summed E-state index contributed by atoms with van der Waals surface area (Å²) in [6, 6.07) is 8.89. The number of ether oxygens (including phenoxy) is 1. The van der Waals surface area contributed by atoms with Crippen LogP contribution in [0.1, 0.15) is 58.1 Å². The third-order valence-corrected chi connectivity index (χ3v) is 4.71. The van der Waals surface area contributed by atoms with Crippen LogP contribution < -0.4 is 10.1 Å². The standard InChI is InChI=1S/C17H25NO/c1-16(2)11-14(18-12-17(3)9-6-10-17)13-7-4-5-8-15(13)19-16/h4-5,7-8,14,18H,6,9-12H2,1-3H3. The molecule has 1 heterocycles. The second-order valence-electron chi connectivity index (χ2n) is 7.20. The maximum absolute atomic E-state index is 6.08. The summed E-state index contributed by atoms with van der Waals surface area (Å²) in [4.78, 5) is 0. The number of nitrogens with one attached hydrogen (secondary N) is 1. The molecule has 1 saturated carbocycles. The Kier molecular flexibility index (Phi) is 3.09. The molecule has 1 fully saturated rings. The summed E-state index contributed by atoms with van der Waals surface area (Å²) in [6.07, 6.45) is 5.18. The van der Waals surface area contributed by atoms with Gasteiger partial charge >= 0.3 is 0 Å². The molecule has 1 aliphatic carbocycles. The van der Waals surface area contributed by atoms with E-state index in [9.17, 15) is 0 Å². The molecule has 1 N–H and O–H groups in total. The molecular weight excluding hydrogens is 234 g/mol. The zero-order chi connectivity index (χ0) is 13.5. The fourth-order valence-corrected chi connectivity index (χ4v) is 3.31. The van der Waals surface area contributed by atoms with E-state index in [-0.39, 0.29) is 5.60 Å². The van der Waals surface area contributed by atoms with Crippen molar-refractivity contribution in [1.29, 1.82) is 0 Å². The van der Waals surface area contributed by atoms with Crippen molar-refractivity contribution in [2.45, 2.75) is 58.1 Å². The highest BCUT2D eigenvalue weighted by Crippen LogP contribution is 2.42. The average Bonchev–Trinajstić information content (AvgIpc) is 2.32. The summed E-state index contributed by atoms with van der Waals surface area (Å²) < 4.78 is 6.08. The zero-order valence-electron chi connectivity index (χ0n) is 12.3. The van der Waals surface area contributed by atoms with Crippen molar-refractivity contribution < 1.29 is 4.74 Å². The third-order valence-electron chi connectivity index (χ3n) is 4.71. The van der Waals surface area contributed by atoms with E-state index in [1.54, 1.807) is 0 Å². The van der Waals surface area contributed by atoms with Gasteiger partial charge in [0.25, 0.3) is 0 Å². The molecule has 3 rings (SSSR count). The van der Waals surface area contributed by atoms with Gasteiger partial charge in [0.1, 0.15) is 11.4 Å². The Hall–Kier alpha value is -1.02. The summed E-state index contributed by atoms with van der Waals surface area (Å²) in [7, 11) is 0. The zero-order valence-corrected chi connectivity index (χ0v) is 12.3. The molecule has 0 saturated heterocycles.